The molecule has 1 aromatic rings. The third-order valence-corrected chi connectivity index (χ3v) is 3.29. The second-order valence-corrected chi connectivity index (χ2v) is 5.25. The number of rotatable bonds is 6. The lowest BCUT2D eigenvalue weighted by Gasteiger charge is -2.12. The number of alkyl halides is 2. The highest BCUT2D eigenvalue weighted by molar-refractivity contribution is 5.95. The summed E-state index contributed by atoms with van der Waals surface area (Å²) in [4.78, 5) is 23.2. The number of amides is 2. The smallest absolute Gasteiger partial charge is 0.262 e. The first-order valence-corrected chi connectivity index (χ1v) is 7.31. The standard InChI is InChI=1S/C15H19F2N3O3.ClH/c1-2-18-13(21)8-23-11-5-3-10(4-6-11)20-14(22)12-7-15(16,17)9-19-12;/h3-6,12,19H,2,7-9H2,1H3,(H,18,21)(H,20,22);1H. The molecule has 24 heavy (non-hydrogen) atoms. The molecule has 1 saturated heterocycles. The zero-order chi connectivity index (χ0) is 16.9. The van der Waals surface area contributed by atoms with E-state index in [1.807, 2.05) is 6.92 Å². The summed E-state index contributed by atoms with van der Waals surface area (Å²) in [6.07, 6.45) is -0.507. The molecule has 2 amide bonds. The van der Waals surface area contributed by atoms with Gasteiger partial charge in [-0.15, -0.1) is 12.4 Å². The van der Waals surface area contributed by atoms with Gasteiger partial charge in [0.25, 0.3) is 11.8 Å². The normalized spacial score (nSPS) is 18.4. The van der Waals surface area contributed by atoms with Gasteiger partial charge in [0.05, 0.1) is 12.6 Å². The van der Waals surface area contributed by atoms with Crippen LogP contribution in [-0.2, 0) is 9.59 Å². The van der Waals surface area contributed by atoms with Gasteiger partial charge in [0.1, 0.15) is 5.75 Å². The predicted molar refractivity (Wildman–Crippen MR) is 87.9 cm³/mol. The SMILES string of the molecule is CCNC(=O)COc1ccc(NC(=O)C2CC(F)(F)CN2)cc1.Cl. The van der Waals surface area contributed by atoms with E-state index in [1.165, 1.54) is 0 Å². The van der Waals surface area contributed by atoms with Crippen LogP contribution in [0.25, 0.3) is 0 Å². The molecule has 0 radical (unpaired) electrons. The van der Waals surface area contributed by atoms with E-state index in [9.17, 15) is 18.4 Å². The minimum Gasteiger partial charge on any atom is -0.484 e. The lowest BCUT2D eigenvalue weighted by molar-refractivity contribution is -0.123. The summed E-state index contributed by atoms with van der Waals surface area (Å²) in [5.74, 6) is -3.10. The Balaban J connectivity index is 0.00000288. The summed E-state index contributed by atoms with van der Waals surface area (Å²) in [6, 6.07) is 5.44. The van der Waals surface area contributed by atoms with Crippen LogP contribution < -0.4 is 20.7 Å². The topological polar surface area (TPSA) is 79.5 Å². The van der Waals surface area contributed by atoms with E-state index in [1.54, 1.807) is 24.3 Å². The first-order chi connectivity index (χ1) is 10.9. The van der Waals surface area contributed by atoms with Gasteiger partial charge in [0.15, 0.2) is 6.61 Å². The average molecular weight is 364 g/mol. The number of hydrogen-bond donors (Lipinski definition) is 3. The predicted octanol–water partition coefficient (Wildman–Crippen LogP) is 1.56. The van der Waals surface area contributed by atoms with E-state index in [-0.39, 0.29) is 24.9 Å². The van der Waals surface area contributed by atoms with Gasteiger partial charge in [-0.2, -0.15) is 0 Å². The molecule has 134 valence electrons. The molecule has 1 fully saturated rings. The van der Waals surface area contributed by atoms with Gasteiger partial charge in [-0.3, -0.25) is 14.9 Å². The number of ether oxygens (including phenoxy) is 1. The summed E-state index contributed by atoms with van der Waals surface area (Å²) in [6.45, 7) is 1.75. The molecule has 2 rings (SSSR count). The zero-order valence-corrected chi connectivity index (χ0v) is 13.9. The molecule has 0 aliphatic carbocycles. The summed E-state index contributed by atoms with van der Waals surface area (Å²) in [5.41, 5.74) is 0.470. The number of benzene rings is 1. The number of halogens is 3. The van der Waals surface area contributed by atoms with Crippen LogP contribution in [-0.4, -0.2) is 43.5 Å². The van der Waals surface area contributed by atoms with Crippen molar-refractivity contribution in [2.45, 2.75) is 25.3 Å². The van der Waals surface area contributed by atoms with Crippen molar-refractivity contribution in [1.29, 1.82) is 0 Å². The highest BCUT2D eigenvalue weighted by Crippen LogP contribution is 2.26. The summed E-state index contributed by atoms with van der Waals surface area (Å²) < 4.78 is 31.4. The number of anilines is 1. The van der Waals surface area contributed by atoms with Gasteiger partial charge in [-0.1, -0.05) is 0 Å². The molecule has 0 bridgehead atoms. The summed E-state index contributed by atoms with van der Waals surface area (Å²) >= 11 is 0. The molecule has 0 saturated carbocycles. The van der Waals surface area contributed by atoms with Crippen LogP contribution in [0.4, 0.5) is 14.5 Å². The molecular weight excluding hydrogens is 344 g/mol. The maximum absolute atomic E-state index is 13.1. The molecule has 0 aromatic heterocycles. The largest absolute Gasteiger partial charge is 0.484 e. The molecule has 0 spiro atoms. The van der Waals surface area contributed by atoms with Crippen molar-refractivity contribution in [2.75, 3.05) is 25.0 Å². The average Bonchev–Trinajstić information content (AvgIpc) is 2.87. The van der Waals surface area contributed by atoms with E-state index < -0.39 is 30.8 Å². The third kappa shape index (κ3) is 5.93. The van der Waals surface area contributed by atoms with E-state index in [4.69, 9.17) is 4.74 Å². The van der Waals surface area contributed by atoms with Crippen LogP contribution in [0.2, 0.25) is 0 Å². The van der Waals surface area contributed by atoms with Crippen molar-refractivity contribution in [3.05, 3.63) is 24.3 Å². The van der Waals surface area contributed by atoms with Crippen LogP contribution in [0, 0.1) is 0 Å². The lowest BCUT2D eigenvalue weighted by Crippen LogP contribution is -2.35. The monoisotopic (exact) mass is 363 g/mol. The Morgan fingerprint density at radius 3 is 2.54 bits per heavy atom. The highest BCUT2D eigenvalue weighted by Gasteiger charge is 2.42. The van der Waals surface area contributed by atoms with Crippen molar-refractivity contribution < 1.29 is 23.1 Å². The number of nitrogens with one attached hydrogen (secondary N) is 3. The minimum atomic E-state index is -2.85. The third-order valence-electron chi connectivity index (χ3n) is 3.29. The van der Waals surface area contributed by atoms with Crippen molar-refractivity contribution in [2.24, 2.45) is 0 Å². The first kappa shape index (κ1) is 20.1. The molecule has 6 nitrogen and oxygen atoms in total. The van der Waals surface area contributed by atoms with Gasteiger partial charge in [0, 0.05) is 18.7 Å². The van der Waals surface area contributed by atoms with Gasteiger partial charge >= 0.3 is 0 Å². The quantitative estimate of drug-likeness (QED) is 0.716. The first-order valence-electron chi connectivity index (χ1n) is 7.31. The van der Waals surface area contributed by atoms with Crippen molar-refractivity contribution in [3.8, 4) is 5.75 Å². The van der Waals surface area contributed by atoms with E-state index in [0.717, 1.165) is 0 Å². The zero-order valence-electron chi connectivity index (χ0n) is 13.1. The van der Waals surface area contributed by atoms with E-state index in [2.05, 4.69) is 16.0 Å². The fraction of sp³-hybridized carbons (Fsp3) is 0.467. The Hall–Kier alpha value is -1.93. The van der Waals surface area contributed by atoms with E-state index in [0.29, 0.717) is 18.0 Å². The number of carbonyl (C=O) groups is 2. The van der Waals surface area contributed by atoms with Gasteiger partial charge in [-0.25, -0.2) is 8.78 Å². The maximum atomic E-state index is 13.1. The molecule has 1 aromatic carbocycles. The molecule has 1 aliphatic rings. The van der Waals surface area contributed by atoms with Crippen LogP contribution in [0.15, 0.2) is 24.3 Å². The molecular formula is C15H20ClF2N3O3. The number of hydrogen-bond acceptors (Lipinski definition) is 4. The summed E-state index contributed by atoms with van der Waals surface area (Å²) in [5, 5.41) is 7.66. The maximum Gasteiger partial charge on any atom is 0.262 e. The Morgan fingerprint density at radius 1 is 1.33 bits per heavy atom. The van der Waals surface area contributed by atoms with Crippen molar-refractivity contribution in [1.82, 2.24) is 10.6 Å². The van der Waals surface area contributed by atoms with Crippen LogP contribution in [0.3, 0.4) is 0 Å². The Bertz CT molecular complexity index is 570. The Morgan fingerprint density at radius 2 is 2.00 bits per heavy atom. The molecule has 3 N–H and O–H groups in total. The fourth-order valence-corrected chi connectivity index (χ4v) is 2.16. The van der Waals surface area contributed by atoms with Crippen LogP contribution in [0.5, 0.6) is 5.75 Å². The molecule has 1 aliphatic heterocycles. The van der Waals surface area contributed by atoms with E-state index >= 15 is 0 Å². The van der Waals surface area contributed by atoms with Gasteiger partial charge < -0.3 is 15.4 Å². The number of likely N-dealkylation sites (N-methyl/N-ethyl adjacent to an activating group) is 1. The Labute approximate surface area is 144 Å². The minimum absolute atomic E-state index is 0. The number of carbonyl (C=O) groups excluding carboxylic acids is 2. The highest BCUT2D eigenvalue weighted by atomic mass is 35.5. The lowest BCUT2D eigenvalue weighted by atomic mass is 10.2. The molecule has 1 atom stereocenters. The second-order valence-electron chi connectivity index (χ2n) is 5.25. The second kappa shape index (κ2) is 8.79. The van der Waals surface area contributed by atoms with Crippen molar-refractivity contribution in [3.63, 3.8) is 0 Å². The molecule has 1 heterocycles. The van der Waals surface area contributed by atoms with Gasteiger partial charge in [0.2, 0.25) is 5.91 Å². The molecule has 9 heteroatoms. The van der Waals surface area contributed by atoms with Gasteiger partial charge in [-0.05, 0) is 31.2 Å². The molecule has 1 unspecified atom stereocenters. The fourth-order valence-electron chi connectivity index (χ4n) is 2.16. The van der Waals surface area contributed by atoms with Crippen LogP contribution >= 0.6 is 12.4 Å². The van der Waals surface area contributed by atoms with Crippen molar-refractivity contribution >= 4 is 29.9 Å². The van der Waals surface area contributed by atoms with Crippen LogP contribution in [0.1, 0.15) is 13.3 Å². The Kier molecular flexibility index (Phi) is 7.37. The summed E-state index contributed by atoms with van der Waals surface area (Å²) in [7, 11) is 0.